The maximum absolute atomic E-state index is 6.24. The highest BCUT2D eigenvalue weighted by Gasteiger charge is 2.28. The molecule has 22 heavy (non-hydrogen) atoms. The van der Waals surface area contributed by atoms with Crippen LogP contribution in [0.5, 0.6) is 0 Å². The third kappa shape index (κ3) is 4.07. The number of halogens is 3. The number of benzene rings is 1. The second kappa shape index (κ2) is 7.09. The van der Waals surface area contributed by atoms with Gasteiger partial charge in [0, 0.05) is 17.8 Å². The molecule has 0 aromatic heterocycles. The quantitative estimate of drug-likeness (QED) is 0.612. The van der Waals surface area contributed by atoms with Crippen molar-refractivity contribution in [2.24, 2.45) is 5.73 Å². The van der Waals surface area contributed by atoms with Crippen LogP contribution in [0.3, 0.4) is 0 Å². The molecule has 1 atom stereocenters. The highest BCUT2D eigenvalue weighted by atomic mass is 35.5. The van der Waals surface area contributed by atoms with Gasteiger partial charge in [0.2, 0.25) is 0 Å². The van der Waals surface area contributed by atoms with Gasteiger partial charge in [-0.25, -0.2) is 0 Å². The van der Waals surface area contributed by atoms with E-state index in [0.29, 0.717) is 28.0 Å². The third-order valence-electron chi connectivity index (χ3n) is 3.46. The van der Waals surface area contributed by atoms with E-state index in [1.807, 2.05) is 37.4 Å². The number of rotatable bonds is 4. The summed E-state index contributed by atoms with van der Waals surface area (Å²) in [7, 11) is 0. The molecular weight excluding hydrogens is 361 g/mol. The fourth-order valence-corrected chi connectivity index (χ4v) is 3.29. The first-order valence-electron chi connectivity index (χ1n) is 6.65. The largest absolute Gasteiger partial charge is 0.376 e. The second-order valence-corrected chi connectivity index (χ2v) is 6.80. The highest BCUT2D eigenvalue weighted by Crippen LogP contribution is 2.30. The average molecular weight is 377 g/mol. The summed E-state index contributed by atoms with van der Waals surface area (Å²) >= 11 is 23.3. The maximum Gasteiger partial charge on any atom is 0.165 e. The summed E-state index contributed by atoms with van der Waals surface area (Å²) < 4.78 is 0. The Labute approximate surface area is 150 Å². The standard InChI is InChI=1S/C15H16Cl3N3S/c1-15(20-14(19)22)5-2-3-6-21(15)7-4-10-8-11(16)9-12(17)13(10)18/h2-3,5-6,8-9H,4,7H2,1H3,(H3,19,20,22). The Bertz CT molecular complexity index is 645. The fraction of sp³-hybridized carbons (Fsp3) is 0.267. The van der Waals surface area contributed by atoms with Crippen molar-refractivity contribution >= 4 is 52.1 Å². The topological polar surface area (TPSA) is 41.3 Å². The van der Waals surface area contributed by atoms with Crippen LogP contribution in [0.4, 0.5) is 0 Å². The van der Waals surface area contributed by atoms with Gasteiger partial charge in [-0.3, -0.25) is 0 Å². The van der Waals surface area contributed by atoms with E-state index in [9.17, 15) is 0 Å². The van der Waals surface area contributed by atoms with Crippen molar-refractivity contribution in [3.63, 3.8) is 0 Å². The van der Waals surface area contributed by atoms with E-state index in [4.69, 9.17) is 52.8 Å². The number of hydrogen-bond acceptors (Lipinski definition) is 2. The highest BCUT2D eigenvalue weighted by molar-refractivity contribution is 7.80. The summed E-state index contributed by atoms with van der Waals surface area (Å²) in [6.45, 7) is 2.70. The number of nitrogens with one attached hydrogen (secondary N) is 1. The van der Waals surface area contributed by atoms with Gasteiger partial charge < -0.3 is 16.0 Å². The van der Waals surface area contributed by atoms with Crippen LogP contribution in [-0.4, -0.2) is 22.2 Å². The summed E-state index contributed by atoms with van der Waals surface area (Å²) in [5, 5.41) is 4.91. The van der Waals surface area contributed by atoms with Gasteiger partial charge >= 0.3 is 0 Å². The van der Waals surface area contributed by atoms with E-state index in [2.05, 4.69) is 10.2 Å². The van der Waals surface area contributed by atoms with Crippen LogP contribution in [0.1, 0.15) is 12.5 Å². The van der Waals surface area contributed by atoms with Gasteiger partial charge in [-0.05, 0) is 55.4 Å². The minimum absolute atomic E-state index is 0.247. The van der Waals surface area contributed by atoms with E-state index in [-0.39, 0.29) is 5.11 Å². The Morgan fingerprint density at radius 3 is 2.73 bits per heavy atom. The van der Waals surface area contributed by atoms with Crippen LogP contribution < -0.4 is 11.1 Å². The van der Waals surface area contributed by atoms with Crippen molar-refractivity contribution in [2.75, 3.05) is 6.54 Å². The Balaban J connectivity index is 2.15. The lowest BCUT2D eigenvalue weighted by Gasteiger charge is -2.41. The van der Waals surface area contributed by atoms with Crippen molar-refractivity contribution in [3.05, 3.63) is 57.2 Å². The van der Waals surface area contributed by atoms with Gasteiger partial charge in [0.15, 0.2) is 5.11 Å². The molecule has 0 saturated heterocycles. The van der Waals surface area contributed by atoms with E-state index in [1.165, 1.54) is 0 Å². The molecule has 118 valence electrons. The van der Waals surface area contributed by atoms with Gasteiger partial charge in [0.25, 0.3) is 0 Å². The summed E-state index contributed by atoms with van der Waals surface area (Å²) in [6, 6.07) is 3.47. The van der Waals surface area contributed by atoms with E-state index in [0.717, 1.165) is 5.56 Å². The lowest BCUT2D eigenvalue weighted by Crippen LogP contribution is -2.57. The minimum atomic E-state index is -0.477. The lowest BCUT2D eigenvalue weighted by molar-refractivity contribution is 0.198. The van der Waals surface area contributed by atoms with Crippen LogP contribution >= 0.6 is 47.0 Å². The van der Waals surface area contributed by atoms with E-state index in [1.54, 1.807) is 6.07 Å². The molecule has 7 heteroatoms. The van der Waals surface area contributed by atoms with Crippen molar-refractivity contribution in [3.8, 4) is 0 Å². The van der Waals surface area contributed by atoms with Gasteiger partial charge in [-0.2, -0.15) is 0 Å². The van der Waals surface area contributed by atoms with Crippen molar-refractivity contribution in [1.29, 1.82) is 0 Å². The van der Waals surface area contributed by atoms with E-state index >= 15 is 0 Å². The summed E-state index contributed by atoms with van der Waals surface area (Å²) in [6.07, 6.45) is 8.57. The molecule has 1 aromatic rings. The third-order valence-corrected chi connectivity index (χ3v) is 4.62. The summed E-state index contributed by atoms with van der Waals surface area (Å²) in [4.78, 5) is 2.09. The molecule has 3 nitrogen and oxygen atoms in total. The Kier molecular flexibility index (Phi) is 5.61. The molecule has 0 saturated carbocycles. The van der Waals surface area contributed by atoms with Gasteiger partial charge in [-0.1, -0.05) is 40.9 Å². The summed E-state index contributed by atoms with van der Waals surface area (Å²) in [5.74, 6) is 0. The second-order valence-electron chi connectivity index (χ2n) is 5.14. The molecule has 0 aliphatic carbocycles. The lowest BCUT2D eigenvalue weighted by atomic mass is 10.1. The van der Waals surface area contributed by atoms with Crippen LogP contribution in [0.15, 0.2) is 36.6 Å². The normalized spacial score (nSPS) is 20.3. The zero-order chi connectivity index (χ0) is 16.3. The Morgan fingerprint density at radius 2 is 2.05 bits per heavy atom. The Hall–Kier alpha value is -0.940. The fourth-order valence-electron chi connectivity index (χ4n) is 2.35. The van der Waals surface area contributed by atoms with E-state index < -0.39 is 5.66 Å². The maximum atomic E-state index is 6.24. The molecule has 0 amide bonds. The molecule has 1 aliphatic rings. The summed E-state index contributed by atoms with van der Waals surface area (Å²) in [5.41, 5.74) is 6.05. The number of hydrogen-bond donors (Lipinski definition) is 2. The number of thiocarbonyl (C=S) groups is 1. The molecule has 3 N–H and O–H groups in total. The smallest absolute Gasteiger partial charge is 0.165 e. The first-order chi connectivity index (χ1) is 10.3. The van der Waals surface area contributed by atoms with Crippen molar-refractivity contribution in [1.82, 2.24) is 10.2 Å². The number of nitrogens with zero attached hydrogens (tertiary/aromatic N) is 1. The van der Waals surface area contributed by atoms with Crippen LogP contribution in [0.25, 0.3) is 0 Å². The molecule has 2 rings (SSSR count). The molecule has 1 aliphatic heterocycles. The van der Waals surface area contributed by atoms with Gasteiger partial charge in [0.05, 0.1) is 10.0 Å². The SMILES string of the molecule is CC1(NC(N)=S)C=CC=CN1CCc1cc(Cl)cc(Cl)c1Cl. The molecule has 1 unspecified atom stereocenters. The molecule has 0 bridgehead atoms. The zero-order valence-corrected chi connectivity index (χ0v) is 15.0. The monoisotopic (exact) mass is 375 g/mol. The molecule has 1 heterocycles. The average Bonchev–Trinajstić information content (AvgIpc) is 2.41. The Morgan fingerprint density at radius 1 is 1.32 bits per heavy atom. The predicted molar refractivity (Wildman–Crippen MR) is 98.5 cm³/mol. The first-order valence-corrected chi connectivity index (χ1v) is 8.20. The number of nitrogens with two attached hydrogens (primary N) is 1. The molecule has 1 aromatic carbocycles. The van der Waals surface area contributed by atoms with Crippen LogP contribution in [0, 0.1) is 0 Å². The first kappa shape index (κ1) is 17.4. The molecular formula is C15H16Cl3N3S. The molecule has 0 radical (unpaired) electrons. The van der Waals surface area contributed by atoms with Crippen LogP contribution in [-0.2, 0) is 6.42 Å². The predicted octanol–water partition coefficient (Wildman–Crippen LogP) is 4.12. The zero-order valence-electron chi connectivity index (χ0n) is 11.9. The molecule has 0 spiro atoms. The van der Waals surface area contributed by atoms with Crippen LogP contribution in [0.2, 0.25) is 15.1 Å². The van der Waals surface area contributed by atoms with Gasteiger partial charge in [-0.15, -0.1) is 0 Å². The number of allylic oxidation sites excluding steroid dienone is 2. The van der Waals surface area contributed by atoms with Crippen molar-refractivity contribution < 1.29 is 0 Å². The van der Waals surface area contributed by atoms with Crippen molar-refractivity contribution in [2.45, 2.75) is 19.0 Å². The van der Waals surface area contributed by atoms with Gasteiger partial charge in [0.1, 0.15) is 5.66 Å². The molecule has 0 fully saturated rings. The minimum Gasteiger partial charge on any atom is -0.376 e.